The van der Waals surface area contributed by atoms with Crippen LogP contribution in [0.15, 0.2) is 15.9 Å². The highest BCUT2D eigenvalue weighted by Crippen LogP contribution is 2.23. The monoisotopic (exact) mass is 227 g/mol. The van der Waals surface area contributed by atoms with Gasteiger partial charge in [-0.15, -0.1) is 0 Å². The molecule has 0 saturated heterocycles. The van der Waals surface area contributed by atoms with Gasteiger partial charge in [0.25, 0.3) is 5.56 Å². The number of methoxy groups -OCH3 is 1. The van der Waals surface area contributed by atoms with Crippen molar-refractivity contribution in [3.63, 3.8) is 0 Å². The van der Waals surface area contributed by atoms with E-state index < -0.39 is 17.3 Å². The predicted molar refractivity (Wildman–Crippen MR) is 53.1 cm³/mol. The molecule has 0 amide bonds. The maximum Gasteiger partial charge on any atom is 0.345 e. The Morgan fingerprint density at radius 1 is 1.69 bits per heavy atom. The molecule has 4 N–H and O–H groups in total. The van der Waals surface area contributed by atoms with Crippen molar-refractivity contribution in [1.82, 2.24) is 10.5 Å². The van der Waals surface area contributed by atoms with Crippen LogP contribution < -0.4 is 11.0 Å². The molecule has 0 aliphatic rings. The SMILES string of the molecule is COC(=O)c1c(O)cc(=O)[nH]c1N=CNO. The number of nitrogens with zero attached hydrogens (tertiary/aromatic N) is 1. The molecule has 86 valence electrons. The Kier molecular flexibility index (Phi) is 3.62. The Balaban J connectivity index is 3.37. The number of aromatic amines is 1. The molecule has 1 aromatic heterocycles. The fourth-order valence-corrected chi connectivity index (χ4v) is 1.03. The smallest absolute Gasteiger partial charge is 0.345 e. The largest absolute Gasteiger partial charge is 0.507 e. The lowest BCUT2D eigenvalue weighted by Crippen LogP contribution is -2.11. The van der Waals surface area contributed by atoms with Crippen LogP contribution >= 0.6 is 0 Å². The molecule has 0 aliphatic heterocycles. The van der Waals surface area contributed by atoms with Crippen LogP contribution in [0.3, 0.4) is 0 Å². The number of esters is 1. The highest BCUT2D eigenvalue weighted by Gasteiger charge is 2.18. The summed E-state index contributed by atoms with van der Waals surface area (Å²) in [4.78, 5) is 28.0. The summed E-state index contributed by atoms with van der Waals surface area (Å²) < 4.78 is 4.40. The van der Waals surface area contributed by atoms with Crippen LogP contribution in [0.5, 0.6) is 5.75 Å². The van der Waals surface area contributed by atoms with Crippen molar-refractivity contribution in [2.75, 3.05) is 7.11 Å². The number of nitrogens with one attached hydrogen (secondary N) is 2. The summed E-state index contributed by atoms with van der Waals surface area (Å²) in [6, 6.07) is 0.817. The molecule has 16 heavy (non-hydrogen) atoms. The van der Waals surface area contributed by atoms with E-state index in [1.54, 1.807) is 5.48 Å². The van der Waals surface area contributed by atoms with Crippen molar-refractivity contribution in [2.45, 2.75) is 0 Å². The van der Waals surface area contributed by atoms with Gasteiger partial charge in [0.15, 0.2) is 5.82 Å². The van der Waals surface area contributed by atoms with Crippen LogP contribution in [-0.2, 0) is 4.74 Å². The fraction of sp³-hybridized carbons (Fsp3) is 0.125. The lowest BCUT2D eigenvalue weighted by atomic mass is 10.2. The third-order valence-corrected chi connectivity index (χ3v) is 1.64. The van der Waals surface area contributed by atoms with Crippen LogP contribution in [0.2, 0.25) is 0 Å². The minimum absolute atomic E-state index is 0.224. The van der Waals surface area contributed by atoms with Gasteiger partial charge in [-0.1, -0.05) is 0 Å². The molecule has 0 radical (unpaired) electrons. The summed E-state index contributed by atoms with van der Waals surface area (Å²) in [5.74, 6) is -1.64. The first kappa shape index (κ1) is 11.7. The Labute approximate surface area is 89.2 Å². The minimum Gasteiger partial charge on any atom is -0.507 e. The minimum atomic E-state index is -0.862. The molecule has 8 nitrogen and oxygen atoms in total. The number of pyridine rings is 1. The van der Waals surface area contributed by atoms with Gasteiger partial charge in [0, 0.05) is 6.07 Å². The number of ether oxygens (including phenoxy) is 1. The average molecular weight is 227 g/mol. The Morgan fingerprint density at radius 3 is 2.94 bits per heavy atom. The van der Waals surface area contributed by atoms with Crippen LogP contribution in [0.25, 0.3) is 0 Å². The summed E-state index contributed by atoms with van der Waals surface area (Å²) in [5.41, 5.74) is 0.651. The molecular formula is C8H9N3O5. The second-order valence-corrected chi connectivity index (χ2v) is 2.62. The van der Waals surface area contributed by atoms with E-state index in [4.69, 9.17) is 5.21 Å². The third-order valence-electron chi connectivity index (χ3n) is 1.64. The first-order valence-corrected chi connectivity index (χ1v) is 4.07. The number of aliphatic imine (C=N–C) groups is 1. The summed E-state index contributed by atoms with van der Waals surface area (Å²) >= 11 is 0. The van der Waals surface area contributed by atoms with Gasteiger partial charge < -0.3 is 14.8 Å². The van der Waals surface area contributed by atoms with Gasteiger partial charge in [0.05, 0.1) is 7.11 Å². The lowest BCUT2D eigenvalue weighted by Gasteiger charge is -2.04. The summed E-state index contributed by atoms with van der Waals surface area (Å²) in [6.45, 7) is 0. The van der Waals surface area contributed by atoms with Crippen molar-refractivity contribution in [2.24, 2.45) is 4.99 Å². The first-order valence-electron chi connectivity index (χ1n) is 4.07. The topological polar surface area (TPSA) is 124 Å². The number of aromatic nitrogens is 1. The molecule has 0 bridgehead atoms. The zero-order valence-corrected chi connectivity index (χ0v) is 8.22. The van der Waals surface area contributed by atoms with Gasteiger partial charge in [0.2, 0.25) is 0 Å². The van der Waals surface area contributed by atoms with Crippen molar-refractivity contribution >= 4 is 18.1 Å². The molecule has 0 spiro atoms. The van der Waals surface area contributed by atoms with Crippen LogP contribution in [-0.4, -0.2) is 34.7 Å². The highest BCUT2D eigenvalue weighted by atomic mass is 16.5. The molecule has 8 heteroatoms. The number of hydrogen-bond donors (Lipinski definition) is 4. The normalized spacial score (nSPS) is 10.4. The van der Waals surface area contributed by atoms with Gasteiger partial charge in [-0.25, -0.2) is 9.79 Å². The van der Waals surface area contributed by atoms with Crippen LogP contribution in [0, 0.1) is 0 Å². The van der Waals surface area contributed by atoms with Crippen molar-refractivity contribution in [3.8, 4) is 5.75 Å². The second-order valence-electron chi connectivity index (χ2n) is 2.62. The van der Waals surface area contributed by atoms with Gasteiger partial charge in [0.1, 0.15) is 17.7 Å². The molecule has 0 saturated carbocycles. The van der Waals surface area contributed by atoms with Gasteiger partial charge in [-0.2, -0.15) is 0 Å². The molecule has 0 unspecified atom stereocenters. The van der Waals surface area contributed by atoms with E-state index in [1.807, 2.05) is 0 Å². The number of rotatable bonds is 3. The number of carbonyl (C=O) groups is 1. The van der Waals surface area contributed by atoms with E-state index in [1.165, 1.54) is 0 Å². The molecule has 0 aliphatic carbocycles. The zero-order valence-electron chi connectivity index (χ0n) is 8.22. The standard InChI is InChI=1S/C8H9N3O5/c1-16-8(14)6-4(12)2-5(13)11-7(6)9-3-10-15/h2-3,15H,1H3,(H3,9,10,11,12,13). The lowest BCUT2D eigenvalue weighted by molar-refractivity contribution is 0.0598. The zero-order chi connectivity index (χ0) is 12.1. The molecule has 1 rings (SSSR count). The number of H-pyrrole nitrogens is 1. The van der Waals surface area contributed by atoms with Gasteiger partial charge >= 0.3 is 5.97 Å². The van der Waals surface area contributed by atoms with Crippen molar-refractivity contribution < 1.29 is 19.8 Å². The van der Waals surface area contributed by atoms with E-state index in [-0.39, 0.29) is 11.4 Å². The Morgan fingerprint density at radius 2 is 2.38 bits per heavy atom. The van der Waals surface area contributed by atoms with Crippen LogP contribution in [0.4, 0.5) is 5.82 Å². The number of carbonyl (C=O) groups excluding carboxylic acids is 1. The highest BCUT2D eigenvalue weighted by molar-refractivity contribution is 5.97. The van der Waals surface area contributed by atoms with Crippen molar-refractivity contribution in [1.29, 1.82) is 0 Å². The summed E-state index contributed by atoms with van der Waals surface area (Å²) in [6.07, 6.45) is 0.817. The predicted octanol–water partition coefficient (Wildman–Crippen LogP) is -0.494. The van der Waals surface area contributed by atoms with E-state index in [9.17, 15) is 14.7 Å². The van der Waals surface area contributed by atoms with Gasteiger partial charge in [-0.05, 0) is 0 Å². The van der Waals surface area contributed by atoms with Crippen LogP contribution in [0.1, 0.15) is 10.4 Å². The fourth-order valence-electron chi connectivity index (χ4n) is 1.03. The Bertz CT molecular complexity index is 479. The van der Waals surface area contributed by atoms with E-state index >= 15 is 0 Å². The average Bonchev–Trinajstić information content (AvgIpc) is 2.24. The van der Waals surface area contributed by atoms with E-state index in [2.05, 4.69) is 14.7 Å². The molecule has 0 atom stereocenters. The molecular weight excluding hydrogens is 218 g/mol. The summed E-state index contributed by atoms with van der Waals surface area (Å²) in [7, 11) is 1.12. The maximum absolute atomic E-state index is 11.3. The number of aromatic hydroxyl groups is 1. The number of hydrogen-bond acceptors (Lipinski definition) is 6. The van der Waals surface area contributed by atoms with E-state index in [0.29, 0.717) is 0 Å². The van der Waals surface area contributed by atoms with Gasteiger partial charge in [-0.3, -0.25) is 15.5 Å². The van der Waals surface area contributed by atoms with E-state index in [0.717, 1.165) is 19.5 Å². The third kappa shape index (κ3) is 2.36. The summed E-state index contributed by atoms with van der Waals surface area (Å²) in [5, 5.41) is 17.7. The Hall–Kier alpha value is -2.35. The molecule has 1 aromatic rings. The quantitative estimate of drug-likeness (QED) is 0.239. The molecule has 1 heterocycles. The number of hydroxylamine groups is 1. The maximum atomic E-state index is 11.3. The molecule has 0 aromatic carbocycles. The second kappa shape index (κ2) is 4.94. The van der Waals surface area contributed by atoms with Crippen molar-refractivity contribution in [3.05, 3.63) is 22.0 Å². The first-order chi connectivity index (χ1) is 7.60. The molecule has 0 fully saturated rings.